The van der Waals surface area contributed by atoms with E-state index in [0.717, 1.165) is 5.56 Å². The predicted octanol–water partition coefficient (Wildman–Crippen LogP) is 3.89. The largest absolute Gasteiger partial charge is 0.490 e. The summed E-state index contributed by atoms with van der Waals surface area (Å²) in [7, 11) is 1.59. The molecular weight excluding hydrogens is 380 g/mol. The highest BCUT2D eigenvalue weighted by Gasteiger charge is 2.13. The van der Waals surface area contributed by atoms with Gasteiger partial charge in [-0.1, -0.05) is 48.5 Å². The molecule has 3 aromatic rings. The van der Waals surface area contributed by atoms with Gasteiger partial charge in [-0.05, 0) is 35.9 Å². The average Bonchev–Trinajstić information content (AvgIpc) is 2.79. The fourth-order valence-corrected chi connectivity index (χ4v) is 2.83. The lowest BCUT2D eigenvalue weighted by molar-refractivity contribution is 0.0949. The Morgan fingerprint density at radius 3 is 2.40 bits per heavy atom. The third-order valence-corrected chi connectivity index (χ3v) is 4.36. The maximum absolute atomic E-state index is 12.7. The highest BCUT2D eigenvalue weighted by atomic mass is 16.5. The van der Waals surface area contributed by atoms with Crippen LogP contribution in [-0.4, -0.2) is 32.1 Å². The van der Waals surface area contributed by atoms with Gasteiger partial charge in [-0.2, -0.15) is 0 Å². The van der Waals surface area contributed by atoms with Crippen LogP contribution in [0.4, 0.5) is 5.69 Å². The molecule has 0 radical (unpaired) electrons. The maximum Gasteiger partial charge on any atom is 0.259 e. The molecule has 0 unspecified atom stereocenters. The summed E-state index contributed by atoms with van der Waals surface area (Å²) in [6.07, 6.45) is 0. The van der Waals surface area contributed by atoms with Crippen LogP contribution in [-0.2, 0) is 11.3 Å². The molecule has 6 nitrogen and oxygen atoms in total. The van der Waals surface area contributed by atoms with Crippen LogP contribution in [0.5, 0.6) is 5.75 Å². The zero-order chi connectivity index (χ0) is 21.2. The average molecular weight is 404 g/mol. The second kappa shape index (κ2) is 10.8. The lowest BCUT2D eigenvalue weighted by Gasteiger charge is -2.12. The fourth-order valence-electron chi connectivity index (χ4n) is 2.83. The summed E-state index contributed by atoms with van der Waals surface area (Å²) < 4.78 is 10.6. The molecule has 154 valence electrons. The second-order valence-corrected chi connectivity index (χ2v) is 6.54. The molecule has 0 saturated carbocycles. The number of carbonyl (C=O) groups excluding carboxylic acids is 2. The van der Waals surface area contributed by atoms with Crippen LogP contribution in [0.2, 0.25) is 0 Å². The Morgan fingerprint density at radius 1 is 0.833 bits per heavy atom. The Balaban J connectivity index is 1.65. The molecule has 0 saturated heterocycles. The van der Waals surface area contributed by atoms with E-state index < -0.39 is 0 Å². The van der Waals surface area contributed by atoms with Gasteiger partial charge >= 0.3 is 0 Å². The van der Waals surface area contributed by atoms with E-state index in [1.807, 2.05) is 30.3 Å². The van der Waals surface area contributed by atoms with Crippen LogP contribution in [0, 0.1) is 0 Å². The number of methoxy groups -OCH3 is 1. The zero-order valence-electron chi connectivity index (χ0n) is 16.8. The number of para-hydroxylation sites is 1. The molecule has 0 bridgehead atoms. The highest BCUT2D eigenvalue weighted by Crippen LogP contribution is 2.20. The van der Waals surface area contributed by atoms with Crippen molar-refractivity contribution in [3.05, 3.63) is 95.6 Å². The van der Waals surface area contributed by atoms with E-state index in [2.05, 4.69) is 10.6 Å². The van der Waals surface area contributed by atoms with Crippen molar-refractivity contribution < 1.29 is 19.1 Å². The highest BCUT2D eigenvalue weighted by molar-refractivity contribution is 6.06. The maximum atomic E-state index is 12.7. The van der Waals surface area contributed by atoms with Crippen molar-refractivity contribution in [2.75, 3.05) is 25.6 Å². The Hall–Kier alpha value is -3.64. The smallest absolute Gasteiger partial charge is 0.259 e. The van der Waals surface area contributed by atoms with Gasteiger partial charge < -0.3 is 20.1 Å². The molecule has 0 atom stereocenters. The summed E-state index contributed by atoms with van der Waals surface area (Å²) in [5.74, 6) is -0.0491. The van der Waals surface area contributed by atoms with Crippen molar-refractivity contribution in [1.29, 1.82) is 0 Å². The molecule has 0 aliphatic carbocycles. The van der Waals surface area contributed by atoms with Crippen LogP contribution in [0.3, 0.4) is 0 Å². The summed E-state index contributed by atoms with van der Waals surface area (Å²) >= 11 is 0. The number of nitrogens with one attached hydrogen (secondary N) is 2. The summed E-state index contributed by atoms with van der Waals surface area (Å²) in [5, 5.41) is 5.71. The van der Waals surface area contributed by atoms with Gasteiger partial charge in [-0.15, -0.1) is 0 Å². The Kier molecular flexibility index (Phi) is 7.58. The number of amides is 2. The monoisotopic (exact) mass is 404 g/mol. The first-order valence-corrected chi connectivity index (χ1v) is 9.61. The van der Waals surface area contributed by atoms with Gasteiger partial charge in [-0.3, -0.25) is 9.59 Å². The Morgan fingerprint density at radius 2 is 1.60 bits per heavy atom. The molecule has 2 N–H and O–H groups in total. The predicted molar refractivity (Wildman–Crippen MR) is 116 cm³/mol. The third kappa shape index (κ3) is 5.93. The third-order valence-electron chi connectivity index (χ3n) is 4.36. The molecule has 0 spiro atoms. The first-order chi connectivity index (χ1) is 14.7. The zero-order valence-corrected chi connectivity index (χ0v) is 16.8. The Labute approximate surface area is 175 Å². The van der Waals surface area contributed by atoms with Gasteiger partial charge in [0.25, 0.3) is 11.8 Å². The van der Waals surface area contributed by atoms with Crippen LogP contribution in [0.15, 0.2) is 78.9 Å². The first kappa shape index (κ1) is 21.1. The quantitative estimate of drug-likeness (QED) is 0.531. The van der Waals surface area contributed by atoms with E-state index in [1.54, 1.807) is 55.6 Å². The van der Waals surface area contributed by atoms with Crippen LogP contribution < -0.4 is 15.4 Å². The standard InChI is InChI=1S/C24H24N2O4/c1-29-14-15-30-22-13-6-5-12-21(22)24(28)26-20-11-7-10-19(16-20)23(27)25-17-18-8-3-2-4-9-18/h2-13,16H,14-15,17H2,1H3,(H,25,27)(H,26,28). The Bertz CT molecular complexity index is 989. The van der Waals surface area contributed by atoms with Gasteiger partial charge in [0.15, 0.2) is 0 Å². The topological polar surface area (TPSA) is 76.7 Å². The number of benzene rings is 3. The fraction of sp³-hybridized carbons (Fsp3) is 0.167. The lowest BCUT2D eigenvalue weighted by Crippen LogP contribution is -2.23. The second-order valence-electron chi connectivity index (χ2n) is 6.54. The number of hydrogen-bond donors (Lipinski definition) is 2. The molecular formula is C24H24N2O4. The van der Waals surface area contributed by atoms with E-state index in [-0.39, 0.29) is 11.8 Å². The SMILES string of the molecule is COCCOc1ccccc1C(=O)Nc1cccc(C(=O)NCc2ccccc2)c1. The van der Waals surface area contributed by atoms with Gasteiger partial charge in [0.1, 0.15) is 12.4 Å². The number of anilines is 1. The van der Waals surface area contributed by atoms with E-state index in [4.69, 9.17) is 9.47 Å². The number of rotatable bonds is 9. The molecule has 3 rings (SSSR count). The molecule has 0 aliphatic heterocycles. The molecule has 0 aliphatic rings. The van der Waals surface area contributed by atoms with E-state index >= 15 is 0 Å². The molecule has 30 heavy (non-hydrogen) atoms. The van der Waals surface area contributed by atoms with Gasteiger partial charge in [0, 0.05) is 24.9 Å². The van der Waals surface area contributed by atoms with Crippen LogP contribution in [0.25, 0.3) is 0 Å². The van der Waals surface area contributed by atoms with Crippen molar-refractivity contribution >= 4 is 17.5 Å². The minimum atomic E-state index is -0.315. The van der Waals surface area contributed by atoms with E-state index in [0.29, 0.717) is 42.3 Å². The summed E-state index contributed by atoms with van der Waals surface area (Å²) in [6.45, 7) is 1.20. The van der Waals surface area contributed by atoms with Crippen LogP contribution in [0.1, 0.15) is 26.3 Å². The van der Waals surface area contributed by atoms with E-state index in [1.165, 1.54) is 0 Å². The van der Waals surface area contributed by atoms with Crippen LogP contribution >= 0.6 is 0 Å². The van der Waals surface area contributed by atoms with Crippen molar-refractivity contribution in [3.8, 4) is 5.75 Å². The van der Waals surface area contributed by atoms with E-state index in [9.17, 15) is 9.59 Å². The normalized spacial score (nSPS) is 10.3. The molecule has 6 heteroatoms. The minimum Gasteiger partial charge on any atom is -0.490 e. The van der Waals surface area contributed by atoms with Crippen molar-refractivity contribution in [1.82, 2.24) is 5.32 Å². The lowest BCUT2D eigenvalue weighted by atomic mass is 10.1. The molecule has 3 aromatic carbocycles. The molecule has 0 heterocycles. The molecule has 0 fully saturated rings. The van der Waals surface area contributed by atoms with Crippen molar-refractivity contribution in [2.24, 2.45) is 0 Å². The first-order valence-electron chi connectivity index (χ1n) is 9.61. The molecule has 0 aromatic heterocycles. The van der Waals surface area contributed by atoms with Gasteiger partial charge in [0.2, 0.25) is 0 Å². The summed E-state index contributed by atoms with van der Waals surface area (Å²) in [4.78, 5) is 25.2. The molecule has 2 amide bonds. The van der Waals surface area contributed by atoms with Gasteiger partial charge in [-0.25, -0.2) is 0 Å². The van der Waals surface area contributed by atoms with Gasteiger partial charge in [0.05, 0.1) is 12.2 Å². The summed E-state index contributed by atoms with van der Waals surface area (Å²) in [6, 6.07) is 23.5. The number of ether oxygens (including phenoxy) is 2. The summed E-state index contributed by atoms with van der Waals surface area (Å²) in [5.41, 5.74) is 2.42. The number of carbonyl (C=O) groups is 2. The van der Waals surface area contributed by atoms with Crippen molar-refractivity contribution in [2.45, 2.75) is 6.54 Å². The van der Waals surface area contributed by atoms with Crippen molar-refractivity contribution in [3.63, 3.8) is 0 Å². The number of hydrogen-bond acceptors (Lipinski definition) is 4. The minimum absolute atomic E-state index is 0.210.